The predicted octanol–water partition coefficient (Wildman–Crippen LogP) is 3.96. The van der Waals surface area contributed by atoms with Crippen LogP contribution in [0.1, 0.15) is 23.3 Å². The maximum atomic E-state index is 12.5. The Kier molecular flexibility index (Phi) is 4.59. The maximum Gasteiger partial charge on any atom is 0.247 e. The van der Waals surface area contributed by atoms with Gasteiger partial charge in [-0.3, -0.25) is 4.79 Å². The van der Waals surface area contributed by atoms with Gasteiger partial charge in [-0.2, -0.15) is 0 Å². The second-order valence-corrected chi connectivity index (χ2v) is 6.37. The summed E-state index contributed by atoms with van der Waals surface area (Å²) in [6.45, 7) is 0.655. The number of hydrogen-bond donors (Lipinski definition) is 0. The summed E-state index contributed by atoms with van der Waals surface area (Å²) in [5.41, 5.74) is 1.13. The minimum atomic E-state index is 0.0896. The van der Waals surface area contributed by atoms with E-state index in [-0.39, 0.29) is 5.91 Å². The second kappa shape index (κ2) is 6.79. The Morgan fingerprint density at radius 2 is 2.09 bits per heavy atom. The highest BCUT2D eigenvalue weighted by Crippen LogP contribution is 2.29. The van der Waals surface area contributed by atoms with Gasteiger partial charge >= 0.3 is 0 Å². The third-order valence-electron chi connectivity index (χ3n) is 3.72. The fourth-order valence-electron chi connectivity index (χ4n) is 2.34. The summed E-state index contributed by atoms with van der Waals surface area (Å²) in [6, 6.07) is 12.3. The highest BCUT2D eigenvalue weighted by atomic mass is 32.1. The van der Waals surface area contributed by atoms with Gasteiger partial charge in [0.15, 0.2) is 0 Å². The minimum Gasteiger partial charge on any atom is -0.497 e. The molecule has 0 radical (unpaired) electrons. The summed E-state index contributed by atoms with van der Waals surface area (Å²) < 4.78 is 5.17. The predicted molar refractivity (Wildman–Crippen MR) is 89.9 cm³/mol. The van der Waals surface area contributed by atoms with Gasteiger partial charge in [0, 0.05) is 23.5 Å². The summed E-state index contributed by atoms with van der Waals surface area (Å²) in [7, 11) is 1.66. The molecule has 0 unspecified atom stereocenters. The quantitative estimate of drug-likeness (QED) is 0.755. The van der Waals surface area contributed by atoms with E-state index in [4.69, 9.17) is 4.74 Å². The minimum absolute atomic E-state index is 0.0896. The molecule has 4 heteroatoms. The van der Waals surface area contributed by atoms with E-state index in [1.807, 2.05) is 52.8 Å². The molecule has 0 spiro atoms. The Balaban J connectivity index is 1.68. The van der Waals surface area contributed by atoms with Gasteiger partial charge in [-0.25, -0.2) is 0 Å². The Bertz CT molecular complexity index is 642. The van der Waals surface area contributed by atoms with Crippen LogP contribution in [0.3, 0.4) is 0 Å². The molecule has 0 atom stereocenters. The first-order valence-corrected chi connectivity index (χ1v) is 8.29. The van der Waals surface area contributed by atoms with Crippen molar-refractivity contribution in [2.75, 3.05) is 7.11 Å². The number of rotatable bonds is 6. The summed E-state index contributed by atoms with van der Waals surface area (Å²) in [5.74, 6) is 0.928. The second-order valence-electron chi connectivity index (χ2n) is 5.39. The van der Waals surface area contributed by atoms with E-state index in [0.717, 1.165) is 29.0 Å². The molecule has 0 saturated heterocycles. The zero-order valence-electron chi connectivity index (χ0n) is 12.6. The number of carbonyl (C=O) groups is 1. The van der Waals surface area contributed by atoms with Gasteiger partial charge in [0.05, 0.1) is 7.11 Å². The molecule has 1 fully saturated rings. The number of carbonyl (C=O) groups excluding carboxylic acids is 1. The van der Waals surface area contributed by atoms with Crippen LogP contribution < -0.4 is 4.74 Å². The van der Waals surface area contributed by atoms with Crippen molar-refractivity contribution in [1.29, 1.82) is 0 Å². The van der Waals surface area contributed by atoms with Crippen LogP contribution in [0, 0.1) is 0 Å². The Labute approximate surface area is 134 Å². The first-order valence-electron chi connectivity index (χ1n) is 7.41. The third kappa shape index (κ3) is 3.77. The summed E-state index contributed by atoms with van der Waals surface area (Å²) in [4.78, 5) is 15.5. The van der Waals surface area contributed by atoms with Crippen LogP contribution in [0.4, 0.5) is 0 Å². The molecule has 2 aromatic rings. The van der Waals surface area contributed by atoms with Crippen molar-refractivity contribution in [1.82, 2.24) is 4.90 Å². The monoisotopic (exact) mass is 313 g/mol. The molecule has 1 aliphatic carbocycles. The molecule has 1 heterocycles. The zero-order chi connectivity index (χ0) is 15.4. The number of ether oxygens (including phenoxy) is 1. The Morgan fingerprint density at radius 3 is 2.68 bits per heavy atom. The zero-order valence-corrected chi connectivity index (χ0v) is 13.4. The smallest absolute Gasteiger partial charge is 0.247 e. The van der Waals surface area contributed by atoms with Crippen LogP contribution in [0.5, 0.6) is 5.75 Å². The van der Waals surface area contributed by atoms with E-state index in [2.05, 4.69) is 0 Å². The highest BCUT2D eigenvalue weighted by Gasteiger charge is 2.31. The van der Waals surface area contributed by atoms with Gasteiger partial charge < -0.3 is 9.64 Å². The Morgan fingerprint density at radius 1 is 1.32 bits per heavy atom. The van der Waals surface area contributed by atoms with Gasteiger partial charge in [-0.1, -0.05) is 18.2 Å². The molecule has 114 valence electrons. The third-order valence-corrected chi connectivity index (χ3v) is 4.55. The molecule has 3 nitrogen and oxygen atoms in total. The van der Waals surface area contributed by atoms with Crippen LogP contribution >= 0.6 is 11.3 Å². The number of nitrogens with zero attached hydrogens (tertiary/aromatic N) is 1. The van der Waals surface area contributed by atoms with E-state index >= 15 is 0 Å². The lowest BCUT2D eigenvalue weighted by atomic mass is 10.2. The molecule has 1 aliphatic rings. The number of thiophene rings is 1. The van der Waals surface area contributed by atoms with Crippen LogP contribution in [-0.4, -0.2) is 24.0 Å². The average molecular weight is 313 g/mol. The highest BCUT2D eigenvalue weighted by molar-refractivity contribution is 7.10. The fraction of sp³-hybridized carbons (Fsp3) is 0.278. The van der Waals surface area contributed by atoms with E-state index in [9.17, 15) is 4.79 Å². The molecule has 0 bridgehead atoms. The number of hydrogen-bond acceptors (Lipinski definition) is 3. The maximum absolute atomic E-state index is 12.5. The first kappa shape index (κ1) is 14.9. The number of benzene rings is 1. The van der Waals surface area contributed by atoms with Gasteiger partial charge in [-0.05, 0) is 48.1 Å². The van der Waals surface area contributed by atoms with Crippen molar-refractivity contribution in [3.63, 3.8) is 0 Å². The summed E-state index contributed by atoms with van der Waals surface area (Å²) >= 11 is 1.64. The first-order chi connectivity index (χ1) is 10.8. The lowest BCUT2D eigenvalue weighted by Crippen LogP contribution is -2.31. The molecule has 22 heavy (non-hydrogen) atoms. The lowest BCUT2D eigenvalue weighted by Gasteiger charge is -2.21. The van der Waals surface area contributed by atoms with Crippen molar-refractivity contribution in [3.8, 4) is 5.75 Å². The van der Waals surface area contributed by atoms with Crippen molar-refractivity contribution < 1.29 is 9.53 Å². The SMILES string of the molecule is COc1ccc(CN(C(=O)C=Cc2cccs2)C2CC2)cc1. The molecule has 1 aromatic heterocycles. The van der Waals surface area contributed by atoms with Gasteiger partial charge in [0.2, 0.25) is 5.91 Å². The molecule has 1 aromatic carbocycles. The standard InChI is InChI=1S/C18H19NO2S/c1-21-16-8-4-14(5-9-16)13-19(15-6-7-15)18(20)11-10-17-3-2-12-22-17/h2-5,8-12,15H,6-7,13H2,1H3. The summed E-state index contributed by atoms with van der Waals surface area (Å²) in [5, 5.41) is 2.01. The van der Waals surface area contributed by atoms with Crippen molar-refractivity contribution in [2.24, 2.45) is 0 Å². The van der Waals surface area contributed by atoms with Crippen molar-refractivity contribution in [2.45, 2.75) is 25.4 Å². The topological polar surface area (TPSA) is 29.5 Å². The molecule has 0 aliphatic heterocycles. The fourth-order valence-corrected chi connectivity index (χ4v) is 2.95. The molecule has 1 saturated carbocycles. The van der Waals surface area contributed by atoms with Crippen LogP contribution in [0.2, 0.25) is 0 Å². The van der Waals surface area contributed by atoms with Crippen LogP contribution in [0.25, 0.3) is 6.08 Å². The molecule has 0 N–H and O–H groups in total. The van der Waals surface area contributed by atoms with Gasteiger partial charge in [0.25, 0.3) is 0 Å². The van der Waals surface area contributed by atoms with E-state index in [0.29, 0.717) is 12.6 Å². The van der Waals surface area contributed by atoms with Crippen LogP contribution in [0.15, 0.2) is 47.9 Å². The normalized spacial score (nSPS) is 14.2. The van der Waals surface area contributed by atoms with Crippen molar-refractivity contribution in [3.05, 3.63) is 58.3 Å². The van der Waals surface area contributed by atoms with E-state index in [1.54, 1.807) is 24.5 Å². The molecular formula is C18H19NO2S. The van der Waals surface area contributed by atoms with E-state index in [1.165, 1.54) is 0 Å². The molecule has 1 amide bonds. The number of methoxy groups -OCH3 is 1. The molecular weight excluding hydrogens is 294 g/mol. The lowest BCUT2D eigenvalue weighted by molar-refractivity contribution is -0.127. The summed E-state index contributed by atoms with van der Waals surface area (Å²) in [6.07, 6.45) is 5.80. The van der Waals surface area contributed by atoms with Gasteiger partial charge in [-0.15, -0.1) is 11.3 Å². The Hall–Kier alpha value is -2.07. The van der Waals surface area contributed by atoms with Crippen LogP contribution in [-0.2, 0) is 11.3 Å². The largest absolute Gasteiger partial charge is 0.497 e. The molecule has 3 rings (SSSR count). The van der Waals surface area contributed by atoms with E-state index < -0.39 is 0 Å². The van der Waals surface area contributed by atoms with Gasteiger partial charge in [0.1, 0.15) is 5.75 Å². The van der Waals surface area contributed by atoms with Crippen molar-refractivity contribution >= 4 is 23.3 Å². The average Bonchev–Trinajstić information content (AvgIpc) is 3.26. The number of amides is 1.